The van der Waals surface area contributed by atoms with E-state index in [2.05, 4.69) is 41.5 Å². The summed E-state index contributed by atoms with van der Waals surface area (Å²) in [6.07, 6.45) is 8.10. The van der Waals surface area contributed by atoms with Gasteiger partial charge >= 0.3 is 0 Å². The van der Waals surface area contributed by atoms with Gasteiger partial charge in [0, 0.05) is 11.8 Å². The van der Waals surface area contributed by atoms with Crippen LogP contribution in [0.4, 0.5) is 0 Å². The van der Waals surface area contributed by atoms with Crippen LogP contribution in [0.15, 0.2) is 23.3 Å². The van der Waals surface area contributed by atoms with Crippen molar-refractivity contribution in [1.29, 1.82) is 0 Å². The molecule has 134 valence electrons. The topological polar surface area (TPSA) is 34.1 Å². The van der Waals surface area contributed by atoms with Crippen LogP contribution in [-0.4, -0.2) is 11.6 Å². The predicted molar refractivity (Wildman–Crippen MR) is 99.6 cm³/mol. The molecule has 2 nitrogen and oxygen atoms in total. The maximum absolute atomic E-state index is 12.8. The van der Waals surface area contributed by atoms with E-state index >= 15 is 0 Å². The van der Waals surface area contributed by atoms with Crippen LogP contribution in [0, 0.1) is 35.5 Å². The Morgan fingerprint density at radius 3 is 1.33 bits per heavy atom. The summed E-state index contributed by atoms with van der Waals surface area (Å²) in [4.78, 5) is 25.6. The molecule has 0 aromatic heterocycles. The Morgan fingerprint density at radius 1 is 0.708 bits per heavy atom. The first-order valence-electron chi connectivity index (χ1n) is 9.74. The molecule has 2 rings (SSSR count). The highest BCUT2D eigenvalue weighted by Crippen LogP contribution is 2.36. The van der Waals surface area contributed by atoms with Gasteiger partial charge in [-0.3, -0.25) is 9.59 Å². The zero-order valence-corrected chi connectivity index (χ0v) is 16.3. The van der Waals surface area contributed by atoms with Crippen LogP contribution in [0.1, 0.15) is 67.2 Å². The molecular formula is C22H34O2. The van der Waals surface area contributed by atoms with E-state index in [0.29, 0.717) is 35.2 Å². The first-order valence-corrected chi connectivity index (χ1v) is 9.74. The van der Waals surface area contributed by atoms with Crippen LogP contribution in [0.3, 0.4) is 0 Å². The van der Waals surface area contributed by atoms with E-state index in [0.717, 1.165) is 36.8 Å². The molecular weight excluding hydrogens is 296 g/mol. The number of allylic oxidation sites excluding steroid dienone is 4. The molecule has 0 saturated heterocycles. The van der Waals surface area contributed by atoms with Gasteiger partial charge in [0.15, 0.2) is 11.6 Å². The molecule has 2 saturated carbocycles. The fourth-order valence-electron chi connectivity index (χ4n) is 4.29. The van der Waals surface area contributed by atoms with E-state index in [1.807, 2.05) is 12.2 Å². The van der Waals surface area contributed by atoms with Gasteiger partial charge < -0.3 is 0 Å². The van der Waals surface area contributed by atoms with E-state index in [4.69, 9.17) is 0 Å². The molecule has 2 aliphatic rings. The third kappa shape index (κ3) is 3.90. The molecule has 2 heteroatoms. The van der Waals surface area contributed by atoms with Crippen LogP contribution < -0.4 is 0 Å². The van der Waals surface area contributed by atoms with Crippen molar-refractivity contribution in [1.82, 2.24) is 0 Å². The van der Waals surface area contributed by atoms with Gasteiger partial charge in [-0.05, 0) is 60.5 Å². The van der Waals surface area contributed by atoms with Crippen LogP contribution in [0.2, 0.25) is 0 Å². The van der Waals surface area contributed by atoms with E-state index in [1.165, 1.54) is 0 Å². The summed E-state index contributed by atoms with van der Waals surface area (Å²) in [5, 5.41) is 0. The molecule has 24 heavy (non-hydrogen) atoms. The minimum atomic E-state index is 0.147. The fourth-order valence-corrected chi connectivity index (χ4v) is 4.29. The number of rotatable bonds is 3. The summed E-state index contributed by atoms with van der Waals surface area (Å²) >= 11 is 0. The second kappa shape index (κ2) is 7.80. The highest BCUT2D eigenvalue weighted by Gasteiger charge is 2.34. The maximum Gasteiger partial charge on any atom is 0.162 e. The average molecular weight is 331 g/mol. The number of carbonyl (C=O) groups is 2. The van der Waals surface area contributed by atoms with Crippen LogP contribution in [0.5, 0.6) is 0 Å². The summed E-state index contributed by atoms with van der Waals surface area (Å²) in [5.41, 5.74) is 1.86. The Morgan fingerprint density at radius 2 is 1.04 bits per heavy atom. The van der Waals surface area contributed by atoms with Crippen molar-refractivity contribution < 1.29 is 9.59 Å². The molecule has 0 spiro atoms. The lowest BCUT2D eigenvalue weighted by Crippen LogP contribution is -2.31. The molecule has 0 aromatic carbocycles. The SMILES string of the molecule is CC(C)[C@@H]1CC[C@H](C)/C(=C/C=C2\C(=O)[C@@H](C(C)C)CC[C@@H]2C)C1=O. The van der Waals surface area contributed by atoms with Crippen molar-refractivity contribution in [2.45, 2.75) is 67.2 Å². The molecule has 4 atom stereocenters. The Balaban J connectivity index is 2.29. The number of hydrogen-bond donors (Lipinski definition) is 0. The Bertz CT molecular complexity index is 500. The van der Waals surface area contributed by atoms with Gasteiger partial charge in [0.1, 0.15) is 0 Å². The first-order chi connectivity index (χ1) is 11.2. The van der Waals surface area contributed by atoms with Crippen molar-refractivity contribution in [2.75, 3.05) is 0 Å². The first kappa shape index (κ1) is 19.1. The van der Waals surface area contributed by atoms with Crippen LogP contribution >= 0.6 is 0 Å². The average Bonchev–Trinajstić information content (AvgIpc) is 2.48. The summed E-state index contributed by atoms with van der Waals surface area (Å²) in [7, 11) is 0. The summed E-state index contributed by atoms with van der Waals surface area (Å²) < 4.78 is 0. The second-order valence-electron chi connectivity index (χ2n) is 8.63. The third-order valence-corrected chi connectivity index (χ3v) is 6.18. The quantitative estimate of drug-likeness (QED) is 0.651. The molecule has 0 bridgehead atoms. The third-order valence-electron chi connectivity index (χ3n) is 6.18. The second-order valence-corrected chi connectivity index (χ2v) is 8.63. The number of ketones is 2. The van der Waals surface area contributed by atoms with Gasteiger partial charge in [-0.2, -0.15) is 0 Å². The lowest BCUT2D eigenvalue weighted by molar-refractivity contribution is -0.123. The highest BCUT2D eigenvalue weighted by atomic mass is 16.1. The van der Waals surface area contributed by atoms with Crippen LogP contribution in [-0.2, 0) is 9.59 Å². The van der Waals surface area contributed by atoms with Crippen molar-refractivity contribution in [2.24, 2.45) is 35.5 Å². The number of hydrogen-bond acceptors (Lipinski definition) is 2. The smallest absolute Gasteiger partial charge is 0.162 e. The minimum absolute atomic E-state index is 0.147. The lowest BCUT2D eigenvalue weighted by atomic mass is 9.72. The number of carbonyl (C=O) groups excluding carboxylic acids is 2. The van der Waals surface area contributed by atoms with Gasteiger partial charge in [-0.1, -0.05) is 53.7 Å². The zero-order chi connectivity index (χ0) is 18.0. The summed E-state index contributed by atoms with van der Waals surface area (Å²) in [5.74, 6) is 2.29. The Labute approximate surface area is 147 Å². The molecule has 0 aliphatic heterocycles. The largest absolute Gasteiger partial charge is 0.294 e. The van der Waals surface area contributed by atoms with Gasteiger partial charge in [-0.25, -0.2) is 0 Å². The van der Waals surface area contributed by atoms with E-state index in [-0.39, 0.29) is 11.8 Å². The van der Waals surface area contributed by atoms with Crippen molar-refractivity contribution >= 4 is 11.6 Å². The van der Waals surface area contributed by atoms with E-state index in [1.54, 1.807) is 0 Å². The molecule has 0 aromatic rings. The standard InChI is InChI=1S/C22H34O2/c1-13(2)17-9-7-15(5)19(21(17)23)11-12-20-16(6)8-10-18(14(3)4)22(20)24/h11-18H,7-10H2,1-6H3/b19-11-,20-12-/t15-,16-,17-,18+/m0/s1. The normalized spacial score (nSPS) is 35.5. The van der Waals surface area contributed by atoms with Gasteiger partial charge in [0.25, 0.3) is 0 Å². The van der Waals surface area contributed by atoms with Crippen LogP contribution in [0.25, 0.3) is 0 Å². The number of Topliss-reactive ketones (excluding diaryl/α,β-unsaturated/α-hetero) is 2. The molecule has 0 N–H and O–H groups in total. The maximum atomic E-state index is 12.8. The Hall–Kier alpha value is -1.18. The molecule has 0 radical (unpaired) electrons. The van der Waals surface area contributed by atoms with E-state index < -0.39 is 0 Å². The fraction of sp³-hybridized carbons (Fsp3) is 0.727. The van der Waals surface area contributed by atoms with Crippen molar-refractivity contribution in [3.05, 3.63) is 23.3 Å². The molecule has 0 heterocycles. The van der Waals surface area contributed by atoms with Crippen molar-refractivity contribution in [3.8, 4) is 0 Å². The molecule has 2 fully saturated rings. The molecule has 0 unspecified atom stereocenters. The lowest BCUT2D eigenvalue weighted by Gasteiger charge is -2.31. The highest BCUT2D eigenvalue weighted by molar-refractivity contribution is 6.01. The van der Waals surface area contributed by atoms with Gasteiger partial charge in [-0.15, -0.1) is 0 Å². The van der Waals surface area contributed by atoms with Crippen molar-refractivity contribution in [3.63, 3.8) is 0 Å². The van der Waals surface area contributed by atoms with Gasteiger partial charge in [0.2, 0.25) is 0 Å². The summed E-state index contributed by atoms with van der Waals surface area (Å²) in [6, 6.07) is 0. The van der Waals surface area contributed by atoms with Gasteiger partial charge in [0.05, 0.1) is 0 Å². The monoisotopic (exact) mass is 330 g/mol. The molecule has 0 amide bonds. The Kier molecular flexibility index (Phi) is 6.22. The van der Waals surface area contributed by atoms with E-state index in [9.17, 15) is 9.59 Å². The summed E-state index contributed by atoms with van der Waals surface area (Å²) in [6.45, 7) is 12.8. The minimum Gasteiger partial charge on any atom is -0.294 e. The zero-order valence-electron chi connectivity index (χ0n) is 16.3. The molecule has 2 aliphatic carbocycles. The predicted octanol–water partition coefficient (Wildman–Crippen LogP) is 5.38.